The Bertz CT molecular complexity index is 1270. The highest BCUT2D eigenvalue weighted by Crippen LogP contribution is 2.28. The minimum absolute atomic E-state index is 0.176. The number of carbonyl (C=O) groups is 5. The molecular weight excluding hydrogens is 532 g/mol. The molecule has 0 spiro atoms. The second kappa shape index (κ2) is 15.4. The third-order valence-corrected chi connectivity index (χ3v) is 6.16. The molecule has 0 saturated heterocycles. The zero-order valence-electron chi connectivity index (χ0n) is 24.2. The lowest BCUT2D eigenvalue weighted by molar-refractivity contribution is -0.141. The molecule has 0 unspecified atom stereocenters. The van der Waals surface area contributed by atoms with Gasteiger partial charge in [-0.15, -0.1) is 0 Å². The van der Waals surface area contributed by atoms with Gasteiger partial charge in [0.25, 0.3) is 0 Å². The third kappa shape index (κ3) is 9.93. The molecule has 2 aromatic rings. The second-order valence-corrected chi connectivity index (χ2v) is 9.85. The molecule has 0 heterocycles. The van der Waals surface area contributed by atoms with Crippen molar-refractivity contribution >= 4 is 29.4 Å². The van der Waals surface area contributed by atoms with Crippen molar-refractivity contribution in [2.45, 2.75) is 59.5 Å². The van der Waals surface area contributed by atoms with Gasteiger partial charge in [0.15, 0.2) is 23.1 Å². The standard InChI is InChI=1S/C30H38N2O9/c1-7-40-26-12-18(4)8-10-25(26)41-16-23(34)22(15-28(36)37)31-30(38)29(17(2)3)32-27(35)14-21-13-20(19(5)33)9-11-24(21)39-6/h8-13,17,22,29H,7,14-16H2,1-6H3,(H,31,38)(H,32,35)(H,36,37)/t22-,29-/m0/s1. The average molecular weight is 571 g/mol. The number of Topliss-reactive ketones (excluding diaryl/α,β-unsaturated/α-hetero) is 2. The molecule has 0 radical (unpaired) electrons. The maximum absolute atomic E-state index is 13.2. The number of nitrogens with one attached hydrogen (secondary N) is 2. The number of methoxy groups -OCH3 is 1. The summed E-state index contributed by atoms with van der Waals surface area (Å²) in [5.74, 6) is -2.63. The van der Waals surface area contributed by atoms with Crippen LogP contribution in [0, 0.1) is 12.8 Å². The molecule has 0 aliphatic rings. The number of carboxylic acid groups (broad SMARTS) is 1. The predicted octanol–water partition coefficient (Wildman–Crippen LogP) is 2.90. The number of carbonyl (C=O) groups excluding carboxylic acids is 4. The fourth-order valence-corrected chi connectivity index (χ4v) is 4.00. The summed E-state index contributed by atoms with van der Waals surface area (Å²) in [4.78, 5) is 62.4. The number of aryl methyl sites for hydroxylation is 1. The lowest BCUT2D eigenvalue weighted by Crippen LogP contribution is -2.54. The summed E-state index contributed by atoms with van der Waals surface area (Å²) in [5, 5.41) is 14.5. The number of ketones is 2. The molecule has 0 aromatic heterocycles. The lowest BCUT2D eigenvalue weighted by Gasteiger charge is -2.25. The van der Waals surface area contributed by atoms with Gasteiger partial charge in [-0.25, -0.2) is 0 Å². The van der Waals surface area contributed by atoms with Gasteiger partial charge in [0.05, 0.1) is 26.6 Å². The topological polar surface area (TPSA) is 157 Å². The van der Waals surface area contributed by atoms with Crippen LogP contribution in [0.4, 0.5) is 0 Å². The van der Waals surface area contributed by atoms with Crippen molar-refractivity contribution in [2.24, 2.45) is 5.92 Å². The quantitative estimate of drug-likeness (QED) is 0.258. The van der Waals surface area contributed by atoms with Crippen LogP contribution in [0.1, 0.15) is 55.6 Å². The van der Waals surface area contributed by atoms with Gasteiger partial charge in [0, 0.05) is 11.1 Å². The SMILES string of the molecule is CCOc1cc(C)ccc1OCC(=O)[C@H](CC(=O)O)NC(=O)[C@@H](NC(=O)Cc1cc(C(C)=O)ccc1OC)C(C)C. The molecule has 3 N–H and O–H groups in total. The molecule has 0 bridgehead atoms. The van der Waals surface area contributed by atoms with Crippen molar-refractivity contribution in [1.29, 1.82) is 0 Å². The van der Waals surface area contributed by atoms with E-state index in [0.717, 1.165) is 5.56 Å². The number of amides is 2. The van der Waals surface area contributed by atoms with E-state index < -0.39 is 54.6 Å². The zero-order chi connectivity index (χ0) is 30.7. The number of aliphatic carboxylic acids is 1. The van der Waals surface area contributed by atoms with E-state index in [4.69, 9.17) is 14.2 Å². The molecule has 0 aliphatic carbocycles. The molecular formula is C30H38N2O9. The van der Waals surface area contributed by atoms with Gasteiger partial charge in [-0.2, -0.15) is 0 Å². The van der Waals surface area contributed by atoms with Crippen LogP contribution in [0.2, 0.25) is 0 Å². The second-order valence-electron chi connectivity index (χ2n) is 9.85. The summed E-state index contributed by atoms with van der Waals surface area (Å²) in [7, 11) is 1.44. The van der Waals surface area contributed by atoms with Crippen LogP contribution in [-0.2, 0) is 25.6 Å². The molecule has 0 saturated carbocycles. The molecule has 2 atom stereocenters. The van der Waals surface area contributed by atoms with Gasteiger partial charge >= 0.3 is 5.97 Å². The number of rotatable bonds is 16. The number of hydrogen-bond acceptors (Lipinski definition) is 8. The van der Waals surface area contributed by atoms with Gasteiger partial charge in [-0.3, -0.25) is 24.0 Å². The van der Waals surface area contributed by atoms with Gasteiger partial charge in [0.2, 0.25) is 11.8 Å². The Morgan fingerprint density at radius 3 is 2.20 bits per heavy atom. The summed E-state index contributed by atoms with van der Waals surface area (Å²) in [6.07, 6.45) is -0.848. The van der Waals surface area contributed by atoms with Crippen molar-refractivity contribution in [3.63, 3.8) is 0 Å². The van der Waals surface area contributed by atoms with E-state index in [2.05, 4.69) is 10.6 Å². The largest absolute Gasteiger partial charge is 0.496 e. The molecule has 2 aromatic carbocycles. The first-order chi connectivity index (χ1) is 19.4. The van der Waals surface area contributed by atoms with Crippen molar-refractivity contribution in [3.8, 4) is 17.2 Å². The first kappa shape index (κ1) is 32.8. The van der Waals surface area contributed by atoms with Crippen LogP contribution in [-0.4, -0.2) is 66.9 Å². The lowest BCUT2D eigenvalue weighted by atomic mass is 10.0. The number of benzene rings is 2. The van der Waals surface area contributed by atoms with Crippen molar-refractivity contribution in [1.82, 2.24) is 10.6 Å². The summed E-state index contributed by atoms with van der Waals surface area (Å²) in [6.45, 7) is 8.35. The Kier molecular flexibility index (Phi) is 12.3. The normalized spacial score (nSPS) is 12.2. The van der Waals surface area contributed by atoms with Crippen LogP contribution in [0.15, 0.2) is 36.4 Å². The van der Waals surface area contributed by atoms with Gasteiger partial charge < -0.3 is 30.0 Å². The maximum Gasteiger partial charge on any atom is 0.305 e. The molecule has 0 fully saturated rings. The number of ether oxygens (including phenoxy) is 3. The maximum atomic E-state index is 13.2. The molecule has 11 nitrogen and oxygen atoms in total. The fraction of sp³-hybridized carbons (Fsp3) is 0.433. The molecule has 11 heteroatoms. The van der Waals surface area contributed by atoms with Crippen LogP contribution in [0.5, 0.6) is 17.2 Å². The summed E-state index contributed by atoms with van der Waals surface area (Å²) < 4.78 is 16.5. The molecule has 0 aliphatic heterocycles. The van der Waals surface area contributed by atoms with Crippen molar-refractivity contribution in [3.05, 3.63) is 53.1 Å². The van der Waals surface area contributed by atoms with E-state index >= 15 is 0 Å². The Hall–Kier alpha value is -4.41. The minimum atomic E-state index is -1.40. The Balaban J connectivity index is 2.14. The highest BCUT2D eigenvalue weighted by molar-refractivity contribution is 5.96. The monoisotopic (exact) mass is 570 g/mol. The molecule has 2 rings (SSSR count). The number of carboxylic acids is 1. The van der Waals surface area contributed by atoms with Crippen LogP contribution < -0.4 is 24.8 Å². The highest BCUT2D eigenvalue weighted by atomic mass is 16.5. The fourth-order valence-electron chi connectivity index (χ4n) is 4.00. The minimum Gasteiger partial charge on any atom is -0.496 e. The molecule has 222 valence electrons. The first-order valence-corrected chi connectivity index (χ1v) is 13.2. The Morgan fingerprint density at radius 1 is 0.927 bits per heavy atom. The summed E-state index contributed by atoms with van der Waals surface area (Å²) >= 11 is 0. The van der Waals surface area contributed by atoms with Crippen LogP contribution in [0.25, 0.3) is 0 Å². The van der Waals surface area contributed by atoms with E-state index in [1.54, 1.807) is 57.2 Å². The van der Waals surface area contributed by atoms with Gasteiger partial charge in [-0.1, -0.05) is 19.9 Å². The predicted molar refractivity (Wildman–Crippen MR) is 151 cm³/mol. The molecule has 2 amide bonds. The Labute approximate surface area is 239 Å². The smallest absolute Gasteiger partial charge is 0.305 e. The van der Waals surface area contributed by atoms with E-state index in [1.165, 1.54) is 14.0 Å². The summed E-state index contributed by atoms with van der Waals surface area (Å²) in [5.41, 5.74) is 1.79. The first-order valence-electron chi connectivity index (χ1n) is 13.2. The highest BCUT2D eigenvalue weighted by Gasteiger charge is 2.30. The van der Waals surface area contributed by atoms with Crippen LogP contribution >= 0.6 is 0 Å². The third-order valence-electron chi connectivity index (χ3n) is 6.16. The summed E-state index contributed by atoms with van der Waals surface area (Å²) in [6, 6.07) is 7.43. The molecule has 41 heavy (non-hydrogen) atoms. The van der Waals surface area contributed by atoms with E-state index in [1.807, 2.05) is 6.92 Å². The number of hydrogen-bond donors (Lipinski definition) is 3. The van der Waals surface area contributed by atoms with Gasteiger partial charge in [-0.05, 0) is 62.6 Å². The van der Waals surface area contributed by atoms with E-state index in [-0.39, 0.29) is 12.2 Å². The Morgan fingerprint density at radius 2 is 1.61 bits per heavy atom. The van der Waals surface area contributed by atoms with E-state index in [9.17, 15) is 29.1 Å². The van der Waals surface area contributed by atoms with Crippen molar-refractivity contribution in [2.75, 3.05) is 20.3 Å². The zero-order valence-corrected chi connectivity index (χ0v) is 24.2. The van der Waals surface area contributed by atoms with Crippen molar-refractivity contribution < 1.29 is 43.3 Å². The van der Waals surface area contributed by atoms with E-state index in [0.29, 0.717) is 35.0 Å². The van der Waals surface area contributed by atoms with Gasteiger partial charge in [0.1, 0.15) is 24.4 Å². The van der Waals surface area contributed by atoms with Crippen LogP contribution in [0.3, 0.4) is 0 Å². The average Bonchev–Trinajstić information content (AvgIpc) is 2.90.